The van der Waals surface area contributed by atoms with Crippen molar-refractivity contribution in [1.82, 2.24) is 0 Å². The van der Waals surface area contributed by atoms with Crippen LogP contribution in [0.3, 0.4) is 0 Å². The van der Waals surface area contributed by atoms with Crippen molar-refractivity contribution in [1.29, 1.82) is 0 Å². The Labute approximate surface area is 148 Å². The molecule has 2 fully saturated rings. The lowest BCUT2D eigenvalue weighted by Gasteiger charge is -2.15. The SMILES string of the molecule is C=CC(C)C.C=CC(C)C.CC1CCCC1.CC1CCCCC1. The van der Waals surface area contributed by atoms with Crippen LogP contribution in [0.5, 0.6) is 0 Å². The molecule has 0 unspecified atom stereocenters. The molecule has 0 N–H and O–H groups in total. The number of hydrogen-bond donors (Lipinski definition) is 0. The summed E-state index contributed by atoms with van der Waals surface area (Å²) in [4.78, 5) is 0. The van der Waals surface area contributed by atoms with Crippen molar-refractivity contribution in [3.05, 3.63) is 25.3 Å². The molecule has 2 aliphatic rings. The lowest BCUT2D eigenvalue weighted by Crippen LogP contribution is -1.99. The Bertz CT molecular complexity index is 225. The van der Waals surface area contributed by atoms with Gasteiger partial charge >= 0.3 is 0 Å². The highest BCUT2D eigenvalue weighted by atomic mass is 14.1. The third-order valence-corrected chi connectivity index (χ3v) is 4.48. The van der Waals surface area contributed by atoms with Crippen LogP contribution in [0.2, 0.25) is 0 Å². The highest BCUT2D eigenvalue weighted by molar-refractivity contribution is 4.69. The zero-order valence-corrected chi connectivity index (χ0v) is 17.2. The molecule has 138 valence electrons. The van der Waals surface area contributed by atoms with Crippen molar-refractivity contribution < 1.29 is 0 Å². The minimum Gasteiger partial charge on any atom is -0.103 e. The molecule has 0 aromatic carbocycles. The van der Waals surface area contributed by atoms with Crippen LogP contribution in [-0.4, -0.2) is 0 Å². The molecule has 2 rings (SSSR count). The maximum Gasteiger partial charge on any atom is -0.0293 e. The molecule has 2 saturated carbocycles. The molecule has 0 nitrogen and oxygen atoms in total. The highest BCUT2D eigenvalue weighted by Gasteiger charge is 2.07. The first kappa shape index (κ1) is 24.7. The normalized spacial score (nSPS) is 18.1. The summed E-state index contributed by atoms with van der Waals surface area (Å²) in [6.45, 7) is 20.2. The van der Waals surface area contributed by atoms with E-state index in [1.165, 1.54) is 57.8 Å². The fourth-order valence-corrected chi connectivity index (χ4v) is 2.44. The maximum absolute atomic E-state index is 3.56. The van der Waals surface area contributed by atoms with E-state index in [4.69, 9.17) is 0 Å². The predicted molar refractivity (Wildman–Crippen MR) is 110 cm³/mol. The third-order valence-electron chi connectivity index (χ3n) is 4.48. The van der Waals surface area contributed by atoms with Crippen molar-refractivity contribution >= 4 is 0 Å². The molecule has 0 heteroatoms. The van der Waals surface area contributed by atoms with E-state index in [9.17, 15) is 0 Å². The molecule has 0 radical (unpaired) electrons. The van der Waals surface area contributed by atoms with Gasteiger partial charge < -0.3 is 0 Å². The van der Waals surface area contributed by atoms with E-state index >= 15 is 0 Å². The maximum atomic E-state index is 3.56. The van der Waals surface area contributed by atoms with Gasteiger partial charge in [0, 0.05) is 0 Å². The van der Waals surface area contributed by atoms with Crippen LogP contribution >= 0.6 is 0 Å². The second-order valence-electron chi connectivity index (χ2n) is 8.09. The average molecular weight is 323 g/mol. The molecule has 0 aliphatic heterocycles. The molecule has 0 bridgehead atoms. The number of rotatable bonds is 2. The molecule has 0 spiro atoms. The van der Waals surface area contributed by atoms with Gasteiger partial charge in [-0.2, -0.15) is 0 Å². The van der Waals surface area contributed by atoms with Crippen LogP contribution in [0.1, 0.15) is 99.3 Å². The first-order valence-electron chi connectivity index (χ1n) is 10.1. The van der Waals surface area contributed by atoms with Gasteiger partial charge in [0.25, 0.3) is 0 Å². The summed E-state index contributed by atoms with van der Waals surface area (Å²) in [6.07, 6.45) is 17.2. The van der Waals surface area contributed by atoms with Gasteiger partial charge in [-0.1, -0.05) is 111 Å². The summed E-state index contributed by atoms with van der Waals surface area (Å²) in [7, 11) is 0. The summed E-state index contributed by atoms with van der Waals surface area (Å²) in [5.74, 6) is 3.38. The van der Waals surface area contributed by atoms with Crippen LogP contribution in [0.25, 0.3) is 0 Å². The Kier molecular flexibility index (Phi) is 19.2. The van der Waals surface area contributed by atoms with Crippen LogP contribution < -0.4 is 0 Å². The zero-order valence-electron chi connectivity index (χ0n) is 17.2. The molecule has 0 atom stereocenters. The molecule has 2 aliphatic carbocycles. The standard InChI is InChI=1S/C7H14.C6H12.2C5H10/c1-7-5-3-2-4-6-7;1-6-4-2-3-5-6;2*1-4-5(2)3/h7H,2-6H2,1H3;6H,2-5H2,1H3;2*4-5H,1H2,2-3H3. The average Bonchev–Trinajstić information content (AvgIpc) is 3.01. The van der Waals surface area contributed by atoms with Crippen molar-refractivity contribution in [2.75, 3.05) is 0 Å². The zero-order chi connectivity index (χ0) is 18.1. The van der Waals surface area contributed by atoms with Crippen LogP contribution in [0.15, 0.2) is 25.3 Å². The molecule has 23 heavy (non-hydrogen) atoms. The Morgan fingerprint density at radius 1 is 0.609 bits per heavy atom. The monoisotopic (exact) mass is 322 g/mol. The summed E-state index contributed by atoms with van der Waals surface area (Å²) in [5.41, 5.74) is 0. The van der Waals surface area contributed by atoms with Gasteiger partial charge in [0.2, 0.25) is 0 Å². The fourth-order valence-electron chi connectivity index (χ4n) is 2.44. The topological polar surface area (TPSA) is 0 Å². The number of allylic oxidation sites excluding steroid dienone is 2. The first-order valence-corrected chi connectivity index (χ1v) is 10.1. The molecule has 0 saturated heterocycles. The Morgan fingerprint density at radius 2 is 0.826 bits per heavy atom. The summed E-state index contributed by atoms with van der Waals surface area (Å²) < 4.78 is 0. The highest BCUT2D eigenvalue weighted by Crippen LogP contribution is 2.23. The lowest BCUT2D eigenvalue weighted by atomic mass is 9.91. The molecule has 0 amide bonds. The minimum atomic E-state index is 0.648. The van der Waals surface area contributed by atoms with Crippen LogP contribution in [0.4, 0.5) is 0 Å². The van der Waals surface area contributed by atoms with E-state index < -0.39 is 0 Å². The van der Waals surface area contributed by atoms with Crippen molar-refractivity contribution in [2.45, 2.75) is 99.3 Å². The molecular weight excluding hydrogens is 276 g/mol. The summed E-state index contributed by atoms with van der Waals surface area (Å²) >= 11 is 0. The molecule has 0 heterocycles. The smallest absolute Gasteiger partial charge is 0.0293 e. The van der Waals surface area contributed by atoms with E-state index in [0.717, 1.165) is 11.8 Å². The molecular formula is C23H46. The van der Waals surface area contributed by atoms with Crippen molar-refractivity contribution in [2.24, 2.45) is 23.7 Å². The molecule has 0 aromatic heterocycles. The third kappa shape index (κ3) is 23.9. The Hall–Kier alpha value is -0.520. The van der Waals surface area contributed by atoms with Gasteiger partial charge in [0.05, 0.1) is 0 Å². The van der Waals surface area contributed by atoms with Crippen LogP contribution in [0, 0.1) is 23.7 Å². The van der Waals surface area contributed by atoms with E-state index in [-0.39, 0.29) is 0 Å². The predicted octanol–water partition coefficient (Wildman–Crippen LogP) is 8.44. The van der Waals surface area contributed by atoms with Crippen molar-refractivity contribution in [3.63, 3.8) is 0 Å². The van der Waals surface area contributed by atoms with Gasteiger partial charge in [-0.25, -0.2) is 0 Å². The second kappa shape index (κ2) is 17.8. The second-order valence-corrected chi connectivity index (χ2v) is 8.09. The van der Waals surface area contributed by atoms with Crippen LogP contribution in [-0.2, 0) is 0 Å². The first-order chi connectivity index (χ1) is 10.8. The summed E-state index contributed by atoms with van der Waals surface area (Å²) in [5, 5.41) is 0. The minimum absolute atomic E-state index is 0.648. The Balaban J connectivity index is 0. The van der Waals surface area contributed by atoms with E-state index in [1.54, 1.807) is 0 Å². The largest absolute Gasteiger partial charge is 0.103 e. The number of hydrogen-bond acceptors (Lipinski definition) is 0. The quantitative estimate of drug-likeness (QED) is 0.447. The summed E-state index contributed by atoms with van der Waals surface area (Å²) in [6, 6.07) is 0. The lowest BCUT2D eigenvalue weighted by molar-refractivity contribution is 0.385. The van der Waals surface area contributed by atoms with Gasteiger partial charge in [-0.15, -0.1) is 13.2 Å². The van der Waals surface area contributed by atoms with E-state index in [0.29, 0.717) is 11.8 Å². The van der Waals surface area contributed by atoms with E-state index in [1.807, 2.05) is 12.2 Å². The van der Waals surface area contributed by atoms with Gasteiger partial charge in [0.1, 0.15) is 0 Å². The van der Waals surface area contributed by atoms with Gasteiger partial charge in [0.15, 0.2) is 0 Å². The van der Waals surface area contributed by atoms with Gasteiger partial charge in [-0.3, -0.25) is 0 Å². The molecule has 0 aromatic rings. The fraction of sp³-hybridized carbons (Fsp3) is 0.826. The Morgan fingerprint density at radius 3 is 0.913 bits per heavy atom. The van der Waals surface area contributed by atoms with Crippen molar-refractivity contribution in [3.8, 4) is 0 Å². The van der Waals surface area contributed by atoms with E-state index in [2.05, 4.69) is 54.7 Å². The van der Waals surface area contributed by atoms with Gasteiger partial charge in [-0.05, 0) is 23.7 Å².